The van der Waals surface area contributed by atoms with E-state index in [0.29, 0.717) is 6.04 Å². The van der Waals surface area contributed by atoms with Crippen molar-refractivity contribution in [3.8, 4) is 0 Å². The van der Waals surface area contributed by atoms with Crippen LogP contribution >= 0.6 is 0 Å². The van der Waals surface area contributed by atoms with Gasteiger partial charge in [-0.25, -0.2) is 0 Å². The standard InChI is InChI=1S/C11H21NO/c1-9-3-5-11(6-4-9)8-12-10(2)7-13-11/h9-10,12H,3-8H2,1-2H3. The highest BCUT2D eigenvalue weighted by molar-refractivity contribution is 4.92. The number of rotatable bonds is 0. The first-order chi connectivity index (χ1) is 6.20. The average molecular weight is 183 g/mol. The first-order valence-electron chi connectivity index (χ1n) is 5.58. The lowest BCUT2D eigenvalue weighted by atomic mass is 9.78. The number of hydrogen-bond acceptors (Lipinski definition) is 2. The van der Waals surface area contributed by atoms with Crippen LogP contribution in [-0.2, 0) is 4.74 Å². The van der Waals surface area contributed by atoms with E-state index in [1.807, 2.05) is 0 Å². The summed E-state index contributed by atoms with van der Waals surface area (Å²) in [4.78, 5) is 0. The van der Waals surface area contributed by atoms with E-state index in [4.69, 9.17) is 4.74 Å². The molecule has 2 rings (SSSR count). The van der Waals surface area contributed by atoms with Gasteiger partial charge in [-0.15, -0.1) is 0 Å². The van der Waals surface area contributed by atoms with Crippen LogP contribution in [0.15, 0.2) is 0 Å². The molecule has 0 aromatic heterocycles. The van der Waals surface area contributed by atoms with Gasteiger partial charge in [0, 0.05) is 12.6 Å². The van der Waals surface area contributed by atoms with Crippen LogP contribution in [-0.4, -0.2) is 24.8 Å². The van der Waals surface area contributed by atoms with Gasteiger partial charge < -0.3 is 10.1 Å². The minimum Gasteiger partial charge on any atom is -0.372 e. The molecule has 0 aromatic carbocycles. The lowest BCUT2D eigenvalue weighted by molar-refractivity contribution is -0.106. The lowest BCUT2D eigenvalue weighted by Crippen LogP contribution is -2.54. The van der Waals surface area contributed by atoms with E-state index in [2.05, 4.69) is 19.2 Å². The highest BCUT2D eigenvalue weighted by atomic mass is 16.5. The second-order valence-corrected chi connectivity index (χ2v) is 4.96. The zero-order valence-corrected chi connectivity index (χ0v) is 8.81. The summed E-state index contributed by atoms with van der Waals surface area (Å²) in [5, 5.41) is 3.53. The van der Waals surface area contributed by atoms with Gasteiger partial charge in [0.25, 0.3) is 0 Å². The maximum atomic E-state index is 6.00. The SMILES string of the molecule is CC1CCC2(CC1)CNC(C)CO2. The van der Waals surface area contributed by atoms with Crippen LogP contribution in [0, 0.1) is 5.92 Å². The molecular formula is C11H21NO. The van der Waals surface area contributed by atoms with E-state index >= 15 is 0 Å². The molecule has 0 bridgehead atoms. The van der Waals surface area contributed by atoms with Crippen molar-refractivity contribution in [3.05, 3.63) is 0 Å². The van der Waals surface area contributed by atoms with E-state index in [1.54, 1.807) is 0 Å². The van der Waals surface area contributed by atoms with E-state index in [-0.39, 0.29) is 5.60 Å². The lowest BCUT2D eigenvalue weighted by Gasteiger charge is -2.44. The Kier molecular flexibility index (Phi) is 2.61. The molecule has 1 aliphatic carbocycles. The average Bonchev–Trinajstić information content (AvgIpc) is 2.16. The number of nitrogens with one attached hydrogen (secondary N) is 1. The second-order valence-electron chi connectivity index (χ2n) is 4.96. The molecule has 0 radical (unpaired) electrons. The molecule has 2 heteroatoms. The predicted octanol–water partition coefficient (Wildman–Crippen LogP) is 1.94. The molecule has 1 aliphatic heterocycles. The van der Waals surface area contributed by atoms with Crippen molar-refractivity contribution in [2.75, 3.05) is 13.2 Å². The van der Waals surface area contributed by atoms with Crippen LogP contribution < -0.4 is 5.32 Å². The molecular weight excluding hydrogens is 162 g/mol. The highest BCUT2D eigenvalue weighted by Crippen LogP contribution is 2.35. The topological polar surface area (TPSA) is 21.3 Å². The van der Waals surface area contributed by atoms with Gasteiger partial charge in [0.15, 0.2) is 0 Å². The third-order valence-corrected chi connectivity index (χ3v) is 3.60. The molecule has 1 heterocycles. The van der Waals surface area contributed by atoms with E-state index in [9.17, 15) is 0 Å². The summed E-state index contributed by atoms with van der Waals surface area (Å²) in [7, 11) is 0. The summed E-state index contributed by atoms with van der Waals surface area (Å²) >= 11 is 0. The van der Waals surface area contributed by atoms with Gasteiger partial charge in [-0.2, -0.15) is 0 Å². The molecule has 76 valence electrons. The molecule has 1 atom stereocenters. The van der Waals surface area contributed by atoms with Crippen molar-refractivity contribution >= 4 is 0 Å². The smallest absolute Gasteiger partial charge is 0.0807 e. The molecule has 1 N–H and O–H groups in total. The van der Waals surface area contributed by atoms with Gasteiger partial charge in [-0.05, 0) is 38.5 Å². The fraction of sp³-hybridized carbons (Fsp3) is 1.00. The van der Waals surface area contributed by atoms with Crippen LogP contribution in [0.4, 0.5) is 0 Å². The fourth-order valence-electron chi connectivity index (χ4n) is 2.38. The van der Waals surface area contributed by atoms with E-state index in [0.717, 1.165) is 19.1 Å². The maximum absolute atomic E-state index is 6.00. The largest absolute Gasteiger partial charge is 0.372 e. The molecule has 2 nitrogen and oxygen atoms in total. The van der Waals surface area contributed by atoms with Gasteiger partial charge in [0.1, 0.15) is 0 Å². The van der Waals surface area contributed by atoms with Crippen LogP contribution in [0.2, 0.25) is 0 Å². The summed E-state index contributed by atoms with van der Waals surface area (Å²) in [6.45, 7) is 6.51. The van der Waals surface area contributed by atoms with Crippen molar-refractivity contribution in [1.29, 1.82) is 0 Å². The fourth-order valence-corrected chi connectivity index (χ4v) is 2.38. The van der Waals surface area contributed by atoms with Gasteiger partial charge in [0.05, 0.1) is 12.2 Å². The zero-order valence-electron chi connectivity index (χ0n) is 8.81. The highest BCUT2D eigenvalue weighted by Gasteiger charge is 2.37. The third kappa shape index (κ3) is 2.05. The van der Waals surface area contributed by atoms with Gasteiger partial charge >= 0.3 is 0 Å². The first-order valence-corrected chi connectivity index (χ1v) is 5.58. The summed E-state index contributed by atoms with van der Waals surface area (Å²) in [5.74, 6) is 0.911. The van der Waals surface area contributed by atoms with Crippen LogP contribution in [0.25, 0.3) is 0 Å². The second kappa shape index (κ2) is 3.58. The van der Waals surface area contributed by atoms with E-state index in [1.165, 1.54) is 25.7 Å². The van der Waals surface area contributed by atoms with Crippen molar-refractivity contribution in [3.63, 3.8) is 0 Å². The number of ether oxygens (including phenoxy) is 1. The van der Waals surface area contributed by atoms with Crippen molar-refractivity contribution in [2.45, 2.75) is 51.2 Å². The summed E-state index contributed by atoms with van der Waals surface area (Å²) in [6.07, 6.45) is 5.20. The van der Waals surface area contributed by atoms with Crippen molar-refractivity contribution in [2.24, 2.45) is 5.92 Å². The normalized spacial score (nSPS) is 46.6. The Hall–Kier alpha value is -0.0800. The molecule has 0 aromatic rings. The molecule has 0 amide bonds. The Morgan fingerprint density at radius 2 is 1.92 bits per heavy atom. The quantitative estimate of drug-likeness (QED) is 0.619. The Morgan fingerprint density at radius 3 is 2.46 bits per heavy atom. The van der Waals surface area contributed by atoms with Crippen LogP contribution in [0.1, 0.15) is 39.5 Å². The van der Waals surface area contributed by atoms with Gasteiger partial charge in [-0.1, -0.05) is 6.92 Å². The summed E-state index contributed by atoms with van der Waals surface area (Å²) in [6, 6.07) is 0.546. The third-order valence-electron chi connectivity index (χ3n) is 3.60. The Labute approximate surface area is 81.0 Å². The van der Waals surface area contributed by atoms with E-state index < -0.39 is 0 Å². The van der Waals surface area contributed by atoms with Gasteiger partial charge in [-0.3, -0.25) is 0 Å². The summed E-state index contributed by atoms with van der Waals surface area (Å²) < 4.78 is 6.00. The predicted molar refractivity (Wildman–Crippen MR) is 53.8 cm³/mol. The molecule has 1 saturated heterocycles. The van der Waals surface area contributed by atoms with Crippen LogP contribution in [0.5, 0.6) is 0 Å². The molecule has 1 saturated carbocycles. The first kappa shape index (κ1) is 9.47. The Morgan fingerprint density at radius 1 is 1.23 bits per heavy atom. The Bertz CT molecular complexity index is 141. The molecule has 1 spiro atoms. The van der Waals surface area contributed by atoms with Gasteiger partial charge in [0.2, 0.25) is 0 Å². The molecule has 2 fully saturated rings. The van der Waals surface area contributed by atoms with Crippen molar-refractivity contribution in [1.82, 2.24) is 5.32 Å². The minimum atomic E-state index is 0.207. The van der Waals surface area contributed by atoms with Crippen LogP contribution in [0.3, 0.4) is 0 Å². The minimum absolute atomic E-state index is 0.207. The maximum Gasteiger partial charge on any atom is 0.0807 e. The van der Waals surface area contributed by atoms with Crippen molar-refractivity contribution < 1.29 is 4.74 Å². The Balaban J connectivity index is 1.90. The number of hydrogen-bond donors (Lipinski definition) is 1. The zero-order chi connectivity index (χ0) is 9.31. The molecule has 13 heavy (non-hydrogen) atoms. The monoisotopic (exact) mass is 183 g/mol. The molecule has 2 aliphatic rings. The molecule has 1 unspecified atom stereocenters. The number of morpholine rings is 1. The summed E-state index contributed by atoms with van der Waals surface area (Å²) in [5.41, 5.74) is 0.207.